The SMILES string of the molecule is CC(C)n1cc(C2(O)CCCN(CCC3CCCOC3)C2)nn1. The van der Waals surface area contributed by atoms with Crippen LogP contribution in [0.4, 0.5) is 0 Å². The van der Waals surface area contributed by atoms with E-state index in [9.17, 15) is 5.11 Å². The fourth-order valence-corrected chi connectivity index (χ4v) is 3.67. The van der Waals surface area contributed by atoms with Gasteiger partial charge in [0, 0.05) is 25.8 Å². The van der Waals surface area contributed by atoms with E-state index in [1.165, 1.54) is 12.8 Å². The van der Waals surface area contributed by atoms with Gasteiger partial charge < -0.3 is 14.7 Å². The van der Waals surface area contributed by atoms with Gasteiger partial charge in [-0.15, -0.1) is 5.10 Å². The molecule has 0 aliphatic carbocycles. The van der Waals surface area contributed by atoms with E-state index in [0.717, 1.165) is 51.3 Å². The number of hydrogen-bond donors (Lipinski definition) is 1. The second-order valence-corrected chi connectivity index (χ2v) is 7.46. The van der Waals surface area contributed by atoms with Crippen LogP contribution in [0.5, 0.6) is 0 Å². The molecule has 1 aromatic heterocycles. The number of ether oxygens (including phenoxy) is 1. The molecule has 3 rings (SSSR count). The van der Waals surface area contributed by atoms with E-state index in [1.54, 1.807) is 0 Å². The van der Waals surface area contributed by atoms with Gasteiger partial charge in [-0.1, -0.05) is 5.21 Å². The van der Waals surface area contributed by atoms with Gasteiger partial charge in [-0.25, -0.2) is 4.68 Å². The highest BCUT2D eigenvalue weighted by Gasteiger charge is 2.37. The maximum atomic E-state index is 11.1. The highest BCUT2D eigenvalue weighted by Crippen LogP contribution is 2.31. The molecule has 130 valence electrons. The third kappa shape index (κ3) is 4.11. The third-order valence-electron chi connectivity index (χ3n) is 5.17. The van der Waals surface area contributed by atoms with Gasteiger partial charge in [-0.3, -0.25) is 0 Å². The molecule has 6 heteroatoms. The number of aromatic nitrogens is 3. The molecule has 1 N–H and O–H groups in total. The molecule has 23 heavy (non-hydrogen) atoms. The number of β-amino-alcohol motifs (C(OH)–C–C–N with tert-alkyl or cyclic N) is 1. The molecule has 0 amide bonds. The summed E-state index contributed by atoms with van der Waals surface area (Å²) in [4.78, 5) is 2.38. The van der Waals surface area contributed by atoms with Crippen molar-refractivity contribution in [2.24, 2.45) is 5.92 Å². The zero-order chi connectivity index (χ0) is 16.3. The minimum atomic E-state index is -0.853. The van der Waals surface area contributed by atoms with Crippen LogP contribution < -0.4 is 0 Å². The predicted molar refractivity (Wildman–Crippen MR) is 88.1 cm³/mol. The molecule has 6 nitrogen and oxygen atoms in total. The summed E-state index contributed by atoms with van der Waals surface area (Å²) in [6.07, 6.45) is 7.31. The number of hydrogen-bond acceptors (Lipinski definition) is 5. The lowest BCUT2D eigenvalue weighted by molar-refractivity contribution is -0.0422. The molecule has 2 atom stereocenters. The molecule has 2 aliphatic heterocycles. The van der Waals surface area contributed by atoms with E-state index >= 15 is 0 Å². The van der Waals surface area contributed by atoms with Crippen molar-refractivity contribution in [1.29, 1.82) is 0 Å². The zero-order valence-electron chi connectivity index (χ0n) is 14.4. The topological polar surface area (TPSA) is 63.4 Å². The highest BCUT2D eigenvalue weighted by atomic mass is 16.5. The van der Waals surface area contributed by atoms with Crippen LogP contribution in [0.1, 0.15) is 57.7 Å². The zero-order valence-corrected chi connectivity index (χ0v) is 14.4. The molecule has 0 bridgehead atoms. The molecule has 0 saturated carbocycles. The molecule has 0 aromatic carbocycles. The van der Waals surface area contributed by atoms with Gasteiger partial charge >= 0.3 is 0 Å². The lowest BCUT2D eigenvalue weighted by Gasteiger charge is -2.38. The van der Waals surface area contributed by atoms with Crippen molar-refractivity contribution in [3.8, 4) is 0 Å². The summed E-state index contributed by atoms with van der Waals surface area (Å²) in [5.41, 5.74) is -0.133. The smallest absolute Gasteiger partial charge is 0.123 e. The van der Waals surface area contributed by atoms with E-state index in [2.05, 4.69) is 29.1 Å². The van der Waals surface area contributed by atoms with Crippen LogP contribution in [0, 0.1) is 5.92 Å². The van der Waals surface area contributed by atoms with Gasteiger partial charge in [0.15, 0.2) is 0 Å². The standard InChI is InChI=1S/C17H30N4O2/c1-14(2)21-11-16(18-19-21)17(22)7-4-8-20(13-17)9-6-15-5-3-10-23-12-15/h11,14-15,22H,3-10,12-13H2,1-2H3. The first-order valence-electron chi connectivity index (χ1n) is 9.01. The molecular formula is C17H30N4O2. The van der Waals surface area contributed by atoms with Crippen LogP contribution in [0.15, 0.2) is 6.20 Å². The lowest BCUT2D eigenvalue weighted by Crippen LogP contribution is -2.47. The number of piperidine rings is 1. The Bertz CT molecular complexity index is 499. The molecule has 0 radical (unpaired) electrons. The normalized spacial score (nSPS) is 30.0. The molecule has 3 heterocycles. The average Bonchev–Trinajstić information content (AvgIpc) is 3.05. The van der Waals surface area contributed by atoms with E-state index in [1.807, 2.05) is 10.9 Å². The third-order valence-corrected chi connectivity index (χ3v) is 5.17. The van der Waals surface area contributed by atoms with E-state index in [-0.39, 0.29) is 6.04 Å². The first kappa shape index (κ1) is 16.9. The maximum Gasteiger partial charge on any atom is 0.123 e. The van der Waals surface area contributed by atoms with Gasteiger partial charge in [-0.05, 0) is 65.0 Å². The van der Waals surface area contributed by atoms with Gasteiger partial charge in [-0.2, -0.15) is 0 Å². The average molecular weight is 322 g/mol. The largest absolute Gasteiger partial charge is 0.382 e. The molecular weight excluding hydrogens is 292 g/mol. The van der Waals surface area contributed by atoms with Crippen LogP contribution in [0.2, 0.25) is 0 Å². The van der Waals surface area contributed by atoms with Gasteiger partial charge in [0.25, 0.3) is 0 Å². The number of nitrogens with zero attached hydrogens (tertiary/aromatic N) is 4. The minimum Gasteiger partial charge on any atom is -0.382 e. The Morgan fingerprint density at radius 2 is 2.30 bits per heavy atom. The Morgan fingerprint density at radius 1 is 1.43 bits per heavy atom. The van der Waals surface area contributed by atoms with Crippen LogP contribution >= 0.6 is 0 Å². The van der Waals surface area contributed by atoms with E-state index < -0.39 is 5.60 Å². The van der Waals surface area contributed by atoms with Crippen molar-refractivity contribution in [3.63, 3.8) is 0 Å². The van der Waals surface area contributed by atoms with Gasteiger partial charge in [0.1, 0.15) is 11.3 Å². The fraction of sp³-hybridized carbons (Fsp3) is 0.882. The van der Waals surface area contributed by atoms with Crippen molar-refractivity contribution >= 4 is 0 Å². The summed E-state index contributed by atoms with van der Waals surface area (Å²) < 4.78 is 7.39. The second-order valence-electron chi connectivity index (χ2n) is 7.46. The van der Waals surface area contributed by atoms with Crippen molar-refractivity contribution in [3.05, 3.63) is 11.9 Å². The summed E-state index contributed by atoms with van der Waals surface area (Å²) >= 11 is 0. The molecule has 2 aliphatic rings. The summed E-state index contributed by atoms with van der Waals surface area (Å²) in [5, 5.41) is 19.4. The molecule has 2 fully saturated rings. The van der Waals surface area contributed by atoms with E-state index in [0.29, 0.717) is 12.5 Å². The van der Waals surface area contributed by atoms with Crippen LogP contribution in [0.3, 0.4) is 0 Å². The van der Waals surface area contributed by atoms with Crippen molar-refractivity contribution < 1.29 is 9.84 Å². The maximum absolute atomic E-state index is 11.1. The molecule has 0 spiro atoms. The second kappa shape index (κ2) is 7.28. The minimum absolute atomic E-state index is 0.269. The monoisotopic (exact) mass is 322 g/mol. The van der Waals surface area contributed by atoms with Crippen molar-refractivity contribution in [2.45, 2.75) is 57.6 Å². The lowest BCUT2D eigenvalue weighted by atomic mass is 9.89. The van der Waals surface area contributed by atoms with Crippen molar-refractivity contribution in [2.75, 3.05) is 32.8 Å². The number of likely N-dealkylation sites (tertiary alicyclic amines) is 1. The molecule has 2 unspecified atom stereocenters. The Kier molecular flexibility index (Phi) is 5.34. The Balaban J connectivity index is 1.57. The van der Waals surface area contributed by atoms with Crippen LogP contribution in [-0.4, -0.2) is 57.8 Å². The molecule has 1 aromatic rings. The molecule has 2 saturated heterocycles. The Morgan fingerprint density at radius 3 is 3.00 bits per heavy atom. The highest BCUT2D eigenvalue weighted by molar-refractivity contribution is 5.09. The quantitative estimate of drug-likeness (QED) is 0.898. The first-order chi connectivity index (χ1) is 11.1. The van der Waals surface area contributed by atoms with Crippen molar-refractivity contribution in [1.82, 2.24) is 19.9 Å². The summed E-state index contributed by atoms with van der Waals surface area (Å²) in [7, 11) is 0. The van der Waals surface area contributed by atoms with Crippen LogP contribution in [-0.2, 0) is 10.3 Å². The summed E-state index contributed by atoms with van der Waals surface area (Å²) in [6, 6.07) is 0.269. The predicted octanol–water partition coefficient (Wildman–Crippen LogP) is 1.96. The first-order valence-corrected chi connectivity index (χ1v) is 9.01. The Hall–Kier alpha value is -0.980. The van der Waals surface area contributed by atoms with Gasteiger partial charge in [0.05, 0.1) is 6.20 Å². The van der Waals surface area contributed by atoms with Gasteiger partial charge in [0.2, 0.25) is 0 Å². The number of rotatable bonds is 5. The Labute approximate surface area is 138 Å². The number of aliphatic hydroxyl groups is 1. The van der Waals surface area contributed by atoms with E-state index in [4.69, 9.17) is 4.74 Å². The fourth-order valence-electron chi connectivity index (χ4n) is 3.67. The van der Waals surface area contributed by atoms with Crippen LogP contribution in [0.25, 0.3) is 0 Å². The summed E-state index contributed by atoms with van der Waals surface area (Å²) in [6.45, 7) is 8.73. The summed E-state index contributed by atoms with van der Waals surface area (Å²) in [5.74, 6) is 0.681.